The molecule has 272 valence electrons. The Balaban J connectivity index is 1.37. The zero-order valence-corrected chi connectivity index (χ0v) is 29.5. The van der Waals surface area contributed by atoms with Gasteiger partial charge in [-0.2, -0.15) is 0 Å². The summed E-state index contributed by atoms with van der Waals surface area (Å²) in [5.74, 6) is -3.72. The lowest BCUT2D eigenvalue weighted by Gasteiger charge is -2.70. The fourth-order valence-electron chi connectivity index (χ4n) is 13.1. The van der Waals surface area contributed by atoms with Gasteiger partial charge in [0.1, 0.15) is 23.9 Å². The molecule has 1 heterocycles. The van der Waals surface area contributed by atoms with Crippen molar-refractivity contribution in [3.63, 3.8) is 0 Å². The lowest BCUT2D eigenvalue weighted by Crippen LogP contribution is -2.81. The van der Waals surface area contributed by atoms with E-state index < -0.39 is 88.3 Å². The molecule has 7 bridgehead atoms. The minimum absolute atomic E-state index is 0.0681. The number of carbonyl (C=O) groups excluding carboxylic acids is 2. The van der Waals surface area contributed by atoms with Crippen LogP contribution in [-0.4, -0.2) is 134 Å². The summed E-state index contributed by atoms with van der Waals surface area (Å²) in [6, 6.07) is 12.6. The van der Waals surface area contributed by atoms with Gasteiger partial charge in [0.15, 0.2) is 5.60 Å². The van der Waals surface area contributed by atoms with Gasteiger partial charge in [-0.25, -0.2) is 4.79 Å². The molecule has 15 atom stereocenters. The van der Waals surface area contributed by atoms with Crippen molar-refractivity contribution in [1.82, 2.24) is 4.90 Å². The number of esters is 2. The Kier molecular flexibility index (Phi) is 8.03. The van der Waals surface area contributed by atoms with E-state index in [9.17, 15) is 24.9 Å². The highest BCUT2D eigenvalue weighted by molar-refractivity contribution is 5.95. The Morgan fingerprint density at radius 1 is 0.960 bits per heavy atom. The molecule has 12 heteroatoms. The van der Waals surface area contributed by atoms with Crippen LogP contribution >= 0.6 is 0 Å². The maximum absolute atomic E-state index is 14.2. The first-order valence-electron chi connectivity index (χ1n) is 17.7. The molecule has 6 aliphatic rings. The summed E-state index contributed by atoms with van der Waals surface area (Å²) < 4.78 is 37.8. The van der Waals surface area contributed by atoms with Gasteiger partial charge in [0, 0.05) is 83.0 Å². The van der Waals surface area contributed by atoms with Gasteiger partial charge in [-0.1, -0.05) is 37.3 Å². The minimum atomic E-state index is -1.86. The number of aliphatic hydroxyl groups is 3. The van der Waals surface area contributed by atoms with Crippen LogP contribution in [0, 0.1) is 34.5 Å². The van der Waals surface area contributed by atoms with Gasteiger partial charge in [0.25, 0.3) is 0 Å². The van der Waals surface area contributed by atoms with Gasteiger partial charge in [0.05, 0.1) is 30.5 Å². The lowest BCUT2D eigenvalue weighted by atomic mass is 9.42. The van der Waals surface area contributed by atoms with Crippen LogP contribution in [0.3, 0.4) is 0 Å². The van der Waals surface area contributed by atoms with Gasteiger partial charge < -0.3 is 43.7 Å². The van der Waals surface area contributed by atoms with E-state index in [0.29, 0.717) is 25.1 Å². The molecule has 1 unspecified atom stereocenters. The first-order chi connectivity index (χ1) is 24.0. The lowest BCUT2D eigenvalue weighted by molar-refractivity contribution is -0.322. The molecule has 0 aromatic heterocycles. The van der Waals surface area contributed by atoms with Crippen molar-refractivity contribution < 1.29 is 53.3 Å². The number of benzene rings is 2. The van der Waals surface area contributed by atoms with E-state index in [1.807, 2.05) is 30.3 Å². The van der Waals surface area contributed by atoms with Crippen molar-refractivity contribution in [3.8, 4) is 0 Å². The summed E-state index contributed by atoms with van der Waals surface area (Å²) >= 11 is 0. The third-order valence-electron chi connectivity index (χ3n) is 14.1. The Labute approximate surface area is 291 Å². The largest absolute Gasteiger partial charge is 0.455 e. The number of carbonyl (C=O) groups is 2. The Bertz CT molecular complexity index is 1690. The van der Waals surface area contributed by atoms with Crippen molar-refractivity contribution in [2.75, 3.05) is 48.1 Å². The Hall–Kier alpha value is -2.68. The first-order valence-corrected chi connectivity index (χ1v) is 17.7. The molecule has 5 saturated carbocycles. The fraction of sp³-hybridized carbons (Fsp3) is 0.684. The molecule has 2 aromatic rings. The maximum atomic E-state index is 14.2. The van der Waals surface area contributed by atoms with Crippen LogP contribution in [0.2, 0.25) is 0 Å². The van der Waals surface area contributed by atoms with Crippen LogP contribution in [0.25, 0.3) is 10.8 Å². The standard InChI is InChI=1S/C38H49NO11/c1-7-39-17-35(18-45-3)24(41)15-25(46-4)37-23-16-36(44)32(49-34(43)22-13-12-20-10-8-9-11-21(20)14-22)26(23)38(50-19(2)40,31(42)33(36)48-6)27(30(37)39)28(47-5)29(35)37/h8-14,23-33,41-42,44H,7,15-18H2,1-6H3/t23-,24-,25+,26-,27-,28+,29-,30?,31+,32-,33+,35+,36-,37+,38-/m1/s1. The summed E-state index contributed by atoms with van der Waals surface area (Å²) in [4.78, 5) is 29.9. The molecule has 1 saturated heterocycles. The Morgan fingerprint density at radius 2 is 1.70 bits per heavy atom. The highest BCUT2D eigenvalue weighted by Crippen LogP contribution is 2.80. The topological polar surface area (TPSA) is 153 Å². The number of ether oxygens (including phenoxy) is 6. The van der Waals surface area contributed by atoms with E-state index in [4.69, 9.17) is 28.4 Å². The molecule has 0 radical (unpaired) electrons. The van der Waals surface area contributed by atoms with Crippen molar-refractivity contribution in [2.24, 2.45) is 34.5 Å². The van der Waals surface area contributed by atoms with E-state index in [0.717, 1.165) is 10.8 Å². The van der Waals surface area contributed by atoms with Crippen LogP contribution in [0.1, 0.15) is 37.0 Å². The van der Waals surface area contributed by atoms with Crippen LogP contribution < -0.4 is 0 Å². The van der Waals surface area contributed by atoms with Crippen LogP contribution in [0.4, 0.5) is 0 Å². The summed E-state index contributed by atoms with van der Waals surface area (Å²) in [5, 5.41) is 39.5. The van der Waals surface area contributed by atoms with Gasteiger partial charge in [-0.3, -0.25) is 9.69 Å². The van der Waals surface area contributed by atoms with E-state index in [2.05, 4.69) is 11.8 Å². The quantitative estimate of drug-likeness (QED) is 0.328. The normalized spacial score (nSPS) is 46.9. The van der Waals surface area contributed by atoms with Crippen molar-refractivity contribution in [1.29, 1.82) is 0 Å². The summed E-state index contributed by atoms with van der Waals surface area (Å²) in [6.07, 6.45) is -5.60. The average molecular weight is 696 g/mol. The second kappa shape index (κ2) is 11.7. The Morgan fingerprint density at radius 3 is 2.34 bits per heavy atom. The zero-order valence-electron chi connectivity index (χ0n) is 29.5. The molecule has 8 rings (SSSR count). The molecular formula is C38H49NO11. The molecule has 1 aliphatic heterocycles. The zero-order chi connectivity index (χ0) is 35.5. The van der Waals surface area contributed by atoms with Gasteiger partial charge in [-0.05, 0) is 41.8 Å². The first kappa shape index (κ1) is 34.4. The smallest absolute Gasteiger partial charge is 0.338 e. The molecule has 12 nitrogen and oxygen atoms in total. The maximum Gasteiger partial charge on any atom is 0.338 e. The minimum Gasteiger partial charge on any atom is -0.455 e. The van der Waals surface area contributed by atoms with E-state index >= 15 is 0 Å². The average Bonchev–Trinajstić information content (AvgIpc) is 3.48. The van der Waals surface area contributed by atoms with Crippen molar-refractivity contribution in [2.45, 2.75) is 80.6 Å². The summed E-state index contributed by atoms with van der Waals surface area (Å²) in [5.41, 5.74) is -4.86. The number of hydrogen-bond acceptors (Lipinski definition) is 12. The number of aliphatic hydroxyl groups excluding tert-OH is 2. The molecule has 2 aromatic carbocycles. The third-order valence-corrected chi connectivity index (χ3v) is 14.1. The fourth-order valence-corrected chi connectivity index (χ4v) is 13.1. The number of piperidine rings is 1. The second-order valence-corrected chi connectivity index (χ2v) is 15.6. The molecule has 0 amide bonds. The molecule has 1 spiro atoms. The third kappa shape index (κ3) is 3.94. The van der Waals surface area contributed by atoms with E-state index in [1.165, 1.54) is 14.0 Å². The van der Waals surface area contributed by atoms with Crippen LogP contribution in [0.5, 0.6) is 0 Å². The number of fused-ring (bicyclic) bond motifs is 3. The van der Waals surface area contributed by atoms with E-state index in [1.54, 1.807) is 33.5 Å². The number of rotatable bonds is 9. The van der Waals surface area contributed by atoms with E-state index in [-0.39, 0.29) is 25.0 Å². The molecule has 50 heavy (non-hydrogen) atoms. The molecule has 5 aliphatic carbocycles. The number of nitrogens with zero attached hydrogens (tertiary/aromatic N) is 1. The van der Waals surface area contributed by atoms with Gasteiger partial charge in [-0.15, -0.1) is 0 Å². The summed E-state index contributed by atoms with van der Waals surface area (Å²) in [6.45, 7) is 4.67. The highest BCUT2D eigenvalue weighted by atomic mass is 16.6. The van der Waals surface area contributed by atoms with Crippen LogP contribution in [-0.2, 0) is 33.2 Å². The van der Waals surface area contributed by atoms with Gasteiger partial charge >= 0.3 is 11.9 Å². The van der Waals surface area contributed by atoms with Gasteiger partial charge in [0.2, 0.25) is 0 Å². The highest BCUT2D eigenvalue weighted by Gasteiger charge is 2.92. The van der Waals surface area contributed by atoms with Crippen molar-refractivity contribution in [3.05, 3.63) is 48.0 Å². The molecule has 3 N–H and O–H groups in total. The monoisotopic (exact) mass is 695 g/mol. The van der Waals surface area contributed by atoms with Crippen LogP contribution in [0.15, 0.2) is 42.5 Å². The predicted octanol–water partition coefficient (Wildman–Crippen LogP) is 1.80. The number of methoxy groups -OCH3 is 4. The SMILES string of the molecule is CCN1C[C@]2(COC)[C@H](O)C[C@H](OC)[C@]34C1[C@@H]([C@H](OC)[C@H]23)[C@]1(OC(C)=O)[C@H]2[C@@H](OC(=O)c3ccc5ccccc5c3)[C@](O)(C[C@H]24)[C@@H](OC)[C@@H]1O. The number of likely N-dealkylation sites (tertiary alicyclic amines) is 1. The van der Waals surface area contributed by atoms with Crippen molar-refractivity contribution >= 4 is 22.7 Å². The molecular weight excluding hydrogens is 646 g/mol. The predicted molar refractivity (Wildman–Crippen MR) is 178 cm³/mol. The summed E-state index contributed by atoms with van der Waals surface area (Å²) in [7, 11) is 6.29. The second-order valence-electron chi connectivity index (χ2n) is 15.6. The molecule has 6 fully saturated rings. The number of hydrogen-bond donors (Lipinski definition) is 3.